The molecule has 1 aliphatic rings. The van der Waals surface area contributed by atoms with Crippen molar-refractivity contribution in [3.63, 3.8) is 0 Å². The van der Waals surface area contributed by atoms with E-state index < -0.39 is 49.5 Å². The number of aliphatic hydroxyl groups is 5. The predicted molar refractivity (Wildman–Crippen MR) is 315 cm³/mol. The van der Waals surface area contributed by atoms with E-state index in [2.05, 4.69) is 67.8 Å². The van der Waals surface area contributed by atoms with Gasteiger partial charge in [0.05, 0.1) is 32.0 Å². The summed E-state index contributed by atoms with van der Waals surface area (Å²) in [6, 6.07) is -0.840. The van der Waals surface area contributed by atoms with Crippen LogP contribution in [0.5, 0.6) is 0 Å². The third kappa shape index (κ3) is 43.3. The molecule has 76 heavy (non-hydrogen) atoms. The Kier molecular flexibility index (Phi) is 51.0. The van der Waals surface area contributed by atoms with Crippen LogP contribution in [-0.2, 0) is 23.8 Å². The molecular weight excluding hydrogens is 955 g/mol. The highest BCUT2D eigenvalue weighted by atomic mass is 16.7. The zero-order valence-electron chi connectivity index (χ0n) is 48.7. The van der Waals surface area contributed by atoms with Gasteiger partial charge in [-0.25, -0.2) is 0 Å². The van der Waals surface area contributed by atoms with E-state index in [0.717, 1.165) is 96.3 Å². The van der Waals surface area contributed by atoms with Gasteiger partial charge in [0.2, 0.25) is 5.91 Å². The smallest absolute Gasteiger partial charge is 0.305 e. The molecular formula is C65H117NO10. The fourth-order valence-corrected chi connectivity index (χ4v) is 9.54. The minimum atomic E-state index is -1.58. The summed E-state index contributed by atoms with van der Waals surface area (Å²) in [6.45, 7) is 4.26. The maximum Gasteiger partial charge on any atom is 0.305 e. The van der Waals surface area contributed by atoms with Crippen LogP contribution in [0.2, 0.25) is 0 Å². The van der Waals surface area contributed by atoms with Gasteiger partial charge in [0.1, 0.15) is 24.4 Å². The number of carbonyl (C=O) groups is 2. The van der Waals surface area contributed by atoms with Crippen molar-refractivity contribution in [2.24, 2.45) is 0 Å². The molecule has 0 radical (unpaired) electrons. The van der Waals surface area contributed by atoms with Crippen LogP contribution in [0.15, 0.2) is 60.8 Å². The number of carbonyl (C=O) groups excluding carboxylic acids is 2. The molecule has 11 nitrogen and oxygen atoms in total. The zero-order valence-corrected chi connectivity index (χ0v) is 48.7. The van der Waals surface area contributed by atoms with E-state index in [0.29, 0.717) is 19.4 Å². The van der Waals surface area contributed by atoms with Gasteiger partial charge >= 0.3 is 5.97 Å². The first-order chi connectivity index (χ1) is 37.2. The van der Waals surface area contributed by atoms with Gasteiger partial charge in [0.25, 0.3) is 0 Å². The average Bonchev–Trinajstić information content (AvgIpc) is 3.42. The Bertz CT molecular complexity index is 1450. The monoisotopic (exact) mass is 1070 g/mol. The van der Waals surface area contributed by atoms with Crippen molar-refractivity contribution in [2.75, 3.05) is 19.8 Å². The molecule has 0 aliphatic carbocycles. The molecule has 7 atom stereocenters. The minimum Gasteiger partial charge on any atom is -0.466 e. The van der Waals surface area contributed by atoms with Crippen molar-refractivity contribution < 1.29 is 49.3 Å². The summed E-state index contributed by atoms with van der Waals surface area (Å²) in [6.07, 6.45) is 60.4. The molecule has 1 rings (SSSR count). The van der Waals surface area contributed by atoms with E-state index in [9.17, 15) is 35.1 Å². The van der Waals surface area contributed by atoms with E-state index >= 15 is 0 Å². The standard InChI is InChI=1S/C65H117NO10/c1-3-5-7-9-11-13-15-32-35-39-43-47-51-58(68)57(56-75-65-64(73)63(72)62(71)59(55-67)76-65)66-60(69)52-48-44-40-36-33-29-27-25-23-21-19-17-16-18-20-22-24-26-28-30-34-38-42-46-50-54-74-61(70)53-49-45-41-37-31-14-12-10-8-6-4-2/h9,11,17-20,32,35,47,51,57-59,62-65,67-68,71-73H,3-8,10,12-16,21-31,33-34,36-46,48-50,52-56H2,1-2H3,(H,66,69)/b11-9+,19-17-,20-18-,35-32+,51-47+. The Morgan fingerprint density at radius 3 is 1.42 bits per heavy atom. The van der Waals surface area contributed by atoms with Crippen molar-refractivity contribution in [2.45, 2.75) is 320 Å². The molecule has 11 heteroatoms. The number of ether oxygens (including phenoxy) is 3. The van der Waals surface area contributed by atoms with Crippen LogP contribution in [-0.4, -0.2) is 100 Å². The number of unbranched alkanes of at least 4 members (excludes halogenated alkanes) is 32. The molecule has 0 aromatic carbocycles. The van der Waals surface area contributed by atoms with Crippen molar-refractivity contribution >= 4 is 11.9 Å². The number of amides is 1. The zero-order chi connectivity index (χ0) is 55.2. The molecule has 442 valence electrons. The lowest BCUT2D eigenvalue weighted by atomic mass is 9.99. The Hall–Kier alpha value is -2.64. The summed E-state index contributed by atoms with van der Waals surface area (Å²) >= 11 is 0. The molecule has 0 saturated carbocycles. The maximum absolute atomic E-state index is 13.0. The maximum atomic E-state index is 13.0. The third-order valence-electron chi connectivity index (χ3n) is 14.6. The molecule has 0 aromatic heterocycles. The fraction of sp³-hybridized carbons (Fsp3) is 0.815. The number of aliphatic hydroxyl groups excluding tert-OH is 5. The van der Waals surface area contributed by atoms with E-state index in [4.69, 9.17) is 14.2 Å². The topological polar surface area (TPSA) is 175 Å². The van der Waals surface area contributed by atoms with Gasteiger partial charge in [-0.2, -0.15) is 0 Å². The molecule has 1 saturated heterocycles. The fourth-order valence-electron chi connectivity index (χ4n) is 9.54. The van der Waals surface area contributed by atoms with Gasteiger partial charge in [-0.05, 0) is 83.5 Å². The van der Waals surface area contributed by atoms with Crippen LogP contribution < -0.4 is 5.32 Å². The van der Waals surface area contributed by atoms with Crippen LogP contribution in [0.4, 0.5) is 0 Å². The summed E-state index contributed by atoms with van der Waals surface area (Å²) in [5.41, 5.74) is 0. The Balaban J connectivity index is 2.06. The van der Waals surface area contributed by atoms with E-state index in [-0.39, 0.29) is 18.5 Å². The lowest BCUT2D eigenvalue weighted by Gasteiger charge is -2.40. The molecule has 0 bridgehead atoms. The highest BCUT2D eigenvalue weighted by molar-refractivity contribution is 5.76. The number of esters is 1. The third-order valence-corrected chi connectivity index (χ3v) is 14.6. The van der Waals surface area contributed by atoms with Gasteiger partial charge < -0.3 is 45.1 Å². The lowest BCUT2D eigenvalue weighted by molar-refractivity contribution is -0.302. The quantitative estimate of drug-likeness (QED) is 0.0195. The predicted octanol–water partition coefficient (Wildman–Crippen LogP) is 15.0. The Morgan fingerprint density at radius 2 is 0.908 bits per heavy atom. The molecule has 1 fully saturated rings. The summed E-state index contributed by atoms with van der Waals surface area (Å²) < 4.78 is 16.7. The van der Waals surface area contributed by atoms with Crippen LogP contribution in [0, 0.1) is 0 Å². The first-order valence-electron chi connectivity index (χ1n) is 31.6. The SMILES string of the molecule is CCCC/C=C/CC/C=C/CC/C=C/C(O)C(COC1OC(CO)C(O)C(O)C1O)NC(=O)CCCCCCCCCCC/C=C\C/C=C\CCCCCCCCCCCOC(=O)CCCCCCCCCCCCC. The molecule has 1 amide bonds. The molecule has 1 aliphatic heterocycles. The van der Waals surface area contributed by atoms with Gasteiger partial charge in [-0.3, -0.25) is 9.59 Å². The normalized spacial score (nSPS) is 19.1. The highest BCUT2D eigenvalue weighted by Crippen LogP contribution is 2.23. The first-order valence-corrected chi connectivity index (χ1v) is 31.6. The van der Waals surface area contributed by atoms with Gasteiger partial charge in [-0.15, -0.1) is 0 Å². The second-order valence-electron chi connectivity index (χ2n) is 21.7. The highest BCUT2D eigenvalue weighted by Gasteiger charge is 2.44. The largest absolute Gasteiger partial charge is 0.466 e. The minimum absolute atomic E-state index is 0.00314. The van der Waals surface area contributed by atoms with Crippen molar-refractivity contribution in [1.29, 1.82) is 0 Å². The number of nitrogens with one attached hydrogen (secondary N) is 1. The number of hydrogen-bond donors (Lipinski definition) is 6. The number of rotatable bonds is 54. The van der Waals surface area contributed by atoms with Gasteiger partial charge in [0, 0.05) is 12.8 Å². The van der Waals surface area contributed by atoms with E-state index in [1.165, 1.54) is 154 Å². The second-order valence-corrected chi connectivity index (χ2v) is 21.7. The summed E-state index contributed by atoms with van der Waals surface area (Å²) in [4.78, 5) is 25.0. The molecule has 0 spiro atoms. The summed E-state index contributed by atoms with van der Waals surface area (Å²) in [7, 11) is 0. The summed E-state index contributed by atoms with van der Waals surface area (Å²) in [5.74, 6) is -0.207. The van der Waals surface area contributed by atoms with Crippen LogP contribution in [0.3, 0.4) is 0 Å². The van der Waals surface area contributed by atoms with E-state index in [1.54, 1.807) is 6.08 Å². The Labute approximate surface area is 465 Å². The second kappa shape index (κ2) is 54.3. The first kappa shape index (κ1) is 71.4. The van der Waals surface area contributed by atoms with Gasteiger partial charge in [-0.1, -0.05) is 242 Å². The average molecular weight is 1070 g/mol. The molecule has 6 N–H and O–H groups in total. The van der Waals surface area contributed by atoms with Crippen LogP contribution >= 0.6 is 0 Å². The van der Waals surface area contributed by atoms with Crippen LogP contribution in [0.25, 0.3) is 0 Å². The van der Waals surface area contributed by atoms with E-state index in [1.807, 2.05) is 6.08 Å². The molecule has 1 heterocycles. The molecule has 0 aromatic rings. The van der Waals surface area contributed by atoms with Crippen molar-refractivity contribution in [3.05, 3.63) is 60.8 Å². The summed E-state index contributed by atoms with van der Waals surface area (Å²) in [5, 5.41) is 54.3. The van der Waals surface area contributed by atoms with Gasteiger partial charge in [0.15, 0.2) is 6.29 Å². The Morgan fingerprint density at radius 1 is 0.487 bits per heavy atom. The van der Waals surface area contributed by atoms with Crippen molar-refractivity contribution in [3.8, 4) is 0 Å². The molecule has 7 unspecified atom stereocenters. The lowest BCUT2D eigenvalue weighted by Crippen LogP contribution is -2.60. The van der Waals surface area contributed by atoms with Crippen molar-refractivity contribution in [1.82, 2.24) is 5.32 Å². The number of allylic oxidation sites excluding steroid dienone is 9. The number of hydrogen-bond acceptors (Lipinski definition) is 10. The van der Waals surface area contributed by atoms with Crippen LogP contribution in [0.1, 0.15) is 277 Å².